The lowest BCUT2D eigenvalue weighted by molar-refractivity contribution is -0.149. The third-order valence-corrected chi connectivity index (χ3v) is 6.72. The van der Waals surface area contributed by atoms with Crippen LogP contribution in [0, 0.1) is 5.92 Å². The van der Waals surface area contributed by atoms with Crippen LogP contribution in [0.1, 0.15) is 25.5 Å². The van der Waals surface area contributed by atoms with Gasteiger partial charge in [-0.15, -0.1) is 23.5 Å². The van der Waals surface area contributed by atoms with Crippen LogP contribution < -0.4 is 0 Å². The molecule has 0 fully saturated rings. The molecule has 0 N–H and O–H groups in total. The van der Waals surface area contributed by atoms with Crippen molar-refractivity contribution in [2.75, 3.05) is 25.7 Å². The van der Waals surface area contributed by atoms with E-state index in [2.05, 4.69) is 24.6 Å². The summed E-state index contributed by atoms with van der Waals surface area (Å²) in [6.07, 6.45) is 4.67. The predicted octanol–water partition coefficient (Wildman–Crippen LogP) is 5.29. The second kappa shape index (κ2) is 13.8. The quantitative estimate of drug-likeness (QED) is 0.147. The summed E-state index contributed by atoms with van der Waals surface area (Å²) in [5.74, 6) is -1.92. The summed E-state index contributed by atoms with van der Waals surface area (Å²) in [6, 6.07) is 9.51. The second-order valence-corrected chi connectivity index (χ2v) is 13.7. The Morgan fingerprint density at radius 2 is 1.61 bits per heavy atom. The second-order valence-electron chi connectivity index (χ2n) is 7.40. The van der Waals surface area contributed by atoms with Crippen LogP contribution in [-0.4, -0.2) is 50.4 Å². The van der Waals surface area contributed by atoms with Gasteiger partial charge in [0.05, 0.1) is 19.3 Å². The third kappa shape index (κ3) is 9.63. The van der Waals surface area contributed by atoms with Crippen LogP contribution in [0.4, 0.5) is 0 Å². The molecule has 2 atom stereocenters. The van der Waals surface area contributed by atoms with Gasteiger partial charge in [0.25, 0.3) is 0 Å². The first-order valence-corrected chi connectivity index (χ1v) is 16.0. The predicted molar refractivity (Wildman–Crippen MR) is 133 cm³/mol. The average Bonchev–Trinajstić information content (AvgIpc) is 2.73. The van der Waals surface area contributed by atoms with Crippen molar-refractivity contribution in [2.24, 2.45) is 10.9 Å². The number of hydrogen-bond donors (Lipinski definition) is 0. The Morgan fingerprint density at radius 3 is 2.10 bits per heavy atom. The van der Waals surface area contributed by atoms with Crippen LogP contribution in [0.15, 0.2) is 47.1 Å². The van der Waals surface area contributed by atoms with Gasteiger partial charge in [-0.25, -0.2) is 9.79 Å². The Morgan fingerprint density at radius 1 is 1.03 bits per heavy atom. The van der Waals surface area contributed by atoms with Gasteiger partial charge in [0.1, 0.15) is 16.0 Å². The highest BCUT2D eigenvalue weighted by molar-refractivity contribution is 8.38. The number of carbonyl (C=O) groups excluding carboxylic acids is 2. The lowest BCUT2D eigenvalue weighted by atomic mass is 9.94. The van der Waals surface area contributed by atoms with Crippen molar-refractivity contribution >= 4 is 48.2 Å². The summed E-state index contributed by atoms with van der Waals surface area (Å²) in [6.45, 7) is 10.1. The third-order valence-electron chi connectivity index (χ3n) is 3.88. The Labute approximate surface area is 195 Å². The molecule has 6 nitrogen and oxygen atoms in total. The number of esters is 2. The van der Waals surface area contributed by atoms with Crippen molar-refractivity contribution in [1.29, 1.82) is 0 Å². The van der Waals surface area contributed by atoms with Crippen molar-refractivity contribution in [1.82, 2.24) is 0 Å². The molecule has 0 amide bonds. The average molecular weight is 484 g/mol. The van der Waals surface area contributed by atoms with E-state index in [4.69, 9.17) is 13.9 Å². The maximum absolute atomic E-state index is 13.0. The van der Waals surface area contributed by atoms with Crippen molar-refractivity contribution < 1.29 is 23.5 Å². The molecule has 0 heterocycles. The largest absolute Gasteiger partial charge is 0.465 e. The number of ether oxygens (including phenoxy) is 2. The fourth-order valence-corrected chi connectivity index (χ4v) is 4.78. The van der Waals surface area contributed by atoms with Crippen LogP contribution in [0.3, 0.4) is 0 Å². The molecule has 0 aliphatic carbocycles. The zero-order valence-corrected chi connectivity index (χ0v) is 22.0. The molecule has 31 heavy (non-hydrogen) atoms. The van der Waals surface area contributed by atoms with Crippen molar-refractivity contribution in [3.05, 3.63) is 47.7 Å². The topological polar surface area (TPSA) is 74.2 Å². The summed E-state index contributed by atoms with van der Waals surface area (Å²) in [5.41, 5.74) is 0.903. The van der Waals surface area contributed by atoms with E-state index in [-0.39, 0.29) is 18.9 Å². The van der Waals surface area contributed by atoms with E-state index in [1.807, 2.05) is 42.8 Å². The van der Waals surface area contributed by atoms with Crippen LogP contribution in [0.25, 0.3) is 0 Å². The fourth-order valence-electron chi connectivity index (χ4n) is 2.69. The summed E-state index contributed by atoms with van der Waals surface area (Å²) >= 11 is 2.84. The normalized spacial score (nSPS) is 13.8. The van der Waals surface area contributed by atoms with E-state index in [0.717, 1.165) is 5.56 Å². The molecule has 1 aromatic carbocycles. The highest BCUT2D eigenvalue weighted by atomic mass is 32.2. The molecule has 0 aliphatic rings. The molecule has 0 aliphatic heterocycles. The summed E-state index contributed by atoms with van der Waals surface area (Å²) in [4.78, 5) is 30.2. The molecule has 9 heteroatoms. The van der Waals surface area contributed by atoms with E-state index in [9.17, 15) is 9.59 Å². The highest BCUT2D eigenvalue weighted by Gasteiger charge is 2.35. The monoisotopic (exact) mass is 483 g/mol. The molecular formula is C22H33NO5S2Si. The standard InChI is InChI=1S/C22H33NO5S2Si/c1-8-26-20(24)17(15-18(21(25)27-9-2)23-22(29-3)30-4)19(28-31(5,6)7)16-13-11-10-12-14-16/h10-15,17,19H,8-9H2,1-7H3/b18-15-/t17-,19-/m1/s1. The number of benzene rings is 1. The van der Waals surface area contributed by atoms with Crippen LogP contribution in [-0.2, 0) is 23.5 Å². The molecule has 0 saturated carbocycles. The molecule has 0 spiro atoms. The zero-order valence-electron chi connectivity index (χ0n) is 19.3. The van der Waals surface area contributed by atoms with E-state index < -0.39 is 32.3 Å². The molecule has 0 aromatic heterocycles. The lowest BCUT2D eigenvalue weighted by Gasteiger charge is -2.30. The van der Waals surface area contributed by atoms with Gasteiger partial charge >= 0.3 is 11.9 Å². The first-order valence-electron chi connectivity index (χ1n) is 10.1. The molecule has 1 rings (SSSR count). The summed E-state index contributed by atoms with van der Waals surface area (Å²) in [7, 11) is -2.07. The number of aliphatic imine (C=N–C) groups is 1. The van der Waals surface area contributed by atoms with Gasteiger partial charge < -0.3 is 13.9 Å². The van der Waals surface area contributed by atoms with Gasteiger partial charge in [0, 0.05) is 0 Å². The van der Waals surface area contributed by atoms with Gasteiger partial charge in [-0.2, -0.15) is 0 Å². The smallest absolute Gasteiger partial charge is 0.356 e. The minimum atomic E-state index is -2.07. The van der Waals surface area contributed by atoms with Gasteiger partial charge in [0.2, 0.25) is 0 Å². The van der Waals surface area contributed by atoms with Crippen LogP contribution in [0.5, 0.6) is 0 Å². The number of rotatable bonds is 10. The van der Waals surface area contributed by atoms with Crippen LogP contribution in [0.2, 0.25) is 19.6 Å². The Balaban J connectivity index is 3.64. The molecule has 0 saturated heterocycles. The van der Waals surface area contributed by atoms with E-state index >= 15 is 0 Å². The van der Waals surface area contributed by atoms with E-state index in [1.54, 1.807) is 13.8 Å². The lowest BCUT2D eigenvalue weighted by Crippen LogP contribution is -2.34. The van der Waals surface area contributed by atoms with Gasteiger partial charge in [-0.05, 0) is 57.6 Å². The molecule has 0 radical (unpaired) electrons. The maximum atomic E-state index is 13.0. The number of thioether (sulfide) groups is 2. The Kier molecular flexibility index (Phi) is 12.2. The highest BCUT2D eigenvalue weighted by Crippen LogP contribution is 2.33. The van der Waals surface area contributed by atoms with Gasteiger partial charge in [-0.3, -0.25) is 4.79 Å². The Bertz CT molecular complexity index is 772. The zero-order chi connectivity index (χ0) is 23.4. The van der Waals surface area contributed by atoms with Crippen molar-refractivity contribution in [2.45, 2.75) is 39.6 Å². The van der Waals surface area contributed by atoms with E-state index in [1.165, 1.54) is 29.6 Å². The number of hydrogen-bond acceptors (Lipinski definition) is 8. The first kappa shape index (κ1) is 27.5. The first-order chi connectivity index (χ1) is 14.7. The van der Waals surface area contributed by atoms with E-state index in [0.29, 0.717) is 4.38 Å². The van der Waals surface area contributed by atoms with Gasteiger partial charge in [-0.1, -0.05) is 30.3 Å². The summed E-state index contributed by atoms with van der Waals surface area (Å²) in [5, 5.41) is 0. The number of nitrogens with zero attached hydrogens (tertiary/aromatic N) is 1. The molecular weight excluding hydrogens is 450 g/mol. The minimum absolute atomic E-state index is 0.0683. The van der Waals surface area contributed by atoms with Crippen molar-refractivity contribution in [3.63, 3.8) is 0 Å². The maximum Gasteiger partial charge on any atom is 0.356 e. The molecule has 0 unspecified atom stereocenters. The van der Waals surface area contributed by atoms with Crippen LogP contribution >= 0.6 is 23.5 Å². The number of carbonyl (C=O) groups is 2. The Hall–Kier alpha value is -1.55. The molecule has 0 bridgehead atoms. The van der Waals surface area contributed by atoms with Gasteiger partial charge in [0.15, 0.2) is 8.32 Å². The fraction of sp³-hybridized carbons (Fsp3) is 0.500. The minimum Gasteiger partial charge on any atom is -0.465 e. The van der Waals surface area contributed by atoms with Crippen molar-refractivity contribution in [3.8, 4) is 0 Å². The summed E-state index contributed by atoms with van der Waals surface area (Å²) < 4.78 is 17.7. The molecule has 172 valence electrons. The SMILES string of the molecule is CCOC(=O)/C(=C/[C@@H](C(=O)OCC)[C@H](O[Si](C)(C)C)c1ccccc1)N=C(SC)SC. The molecule has 1 aromatic rings.